The van der Waals surface area contributed by atoms with Gasteiger partial charge in [-0.25, -0.2) is 9.55 Å². The molecule has 3 heteroatoms. The highest BCUT2D eigenvalue weighted by molar-refractivity contribution is 5.81. The zero-order chi connectivity index (χ0) is 14.2. The van der Waals surface area contributed by atoms with Crippen LogP contribution in [0.3, 0.4) is 0 Å². The number of nitrogens with zero attached hydrogens (tertiary/aromatic N) is 2. The molecule has 0 aliphatic heterocycles. The maximum Gasteiger partial charge on any atom is 0.189 e. The molecule has 0 fully saturated rings. The monoisotopic (exact) mass is 264 g/mol. The fourth-order valence-electron chi connectivity index (χ4n) is 1.93. The van der Waals surface area contributed by atoms with E-state index in [0.29, 0.717) is 0 Å². The third-order valence-electron chi connectivity index (χ3n) is 2.85. The van der Waals surface area contributed by atoms with Crippen molar-refractivity contribution in [2.75, 3.05) is 0 Å². The molecule has 0 saturated heterocycles. The Hall–Kier alpha value is -2.47. The fourth-order valence-corrected chi connectivity index (χ4v) is 1.93. The lowest BCUT2D eigenvalue weighted by Gasteiger charge is -2.07. The van der Waals surface area contributed by atoms with Crippen LogP contribution in [-0.4, -0.2) is 9.55 Å². The van der Waals surface area contributed by atoms with E-state index >= 15 is 0 Å². The molecule has 0 radical (unpaired) electrons. The molecule has 1 aromatic carbocycles. The van der Waals surface area contributed by atoms with E-state index in [1.807, 2.05) is 41.0 Å². The molecule has 0 spiro atoms. The second-order valence-corrected chi connectivity index (χ2v) is 5.72. The standard InChI is InChI=1S/C17H16N2O/c1-17(2,3)10-11-19-14-8-5-4-7-13(14)18-16(19)15-9-6-12-20-15/h4-9,12H,1-3H3. The molecule has 2 aromatic heterocycles. The summed E-state index contributed by atoms with van der Waals surface area (Å²) in [5.41, 5.74) is 1.85. The van der Waals surface area contributed by atoms with Crippen LogP contribution in [0.1, 0.15) is 20.8 Å². The van der Waals surface area contributed by atoms with Crippen molar-refractivity contribution >= 4 is 11.0 Å². The van der Waals surface area contributed by atoms with Crippen molar-refractivity contribution in [2.45, 2.75) is 20.8 Å². The van der Waals surface area contributed by atoms with Gasteiger partial charge in [0.1, 0.15) is 0 Å². The molecule has 0 aliphatic carbocycles. The van der Waals surface area contributed by atoms with E-state index in [2.05, 4.69) is 37.7 Å². The highest BCUT2D eigenvalue weighted by Gasteiger charge is 2.13. The van der Waals surface area contributed by atoms with E-state index in [1.54, 1.807) is 6.26 Å². The van der Waals surface area contributed by atoms with Crippen molar-refractivity contribution in [3.05, 3.63) is 42.7 Å². The van der Waals surface area contributed by atoms with Crippen LogP contribution in [0.15, 0.2) is 47.1 Å². The van der Waals surface area contributed by atoms with Gasteiger partial charge in [-0.1, -0.05) is 18.1 Å². The third-order valence-corrected chi connectivity index (χ3v) is 2.85. The quantitative estimate of drug-likeness (QED) is 0.618. The first-order chi connectivity index (χ1) is 9.54. The fraction of sp³-hybridized carbons (Fsp3) is 0.235. The number of para-hydroxylation sites is 2. The maximum atomic E-state index is 5.47. The topological polar surface area (TPSA) is 31.0 Å². The molecule has 3 rings (SSSR count). The number of fused-ring (bicyclic) bond motifs is 1. The van der Waals surface area contributed by atoms with E-state index in [0.717, 1.165) is 22.6 Å². The van der Waals surface area contributed by atoms with Crippen molar-refractivity contribution < 1.29 is 4.42 Å². The minimum absolute atomic E-state index is 0.0637. The number of aromatic nitrogens is 2. The summed E-state index contributed by atoms with van der Waals surface area (Å²) in [4.78, 5) is 4.62. The second kappa shape index (κ2) is 4.57. The van der Waals surface area contributed by atoms with E-state index in [-0.39, 0.29) is 5.41 Å². The van der Waals surface area contributed by atoms with Crippen molar-refractivity contribution in [3.8, 4) is 23.5 Å². The van der Waals surface area contributed by atoms with E-state index in [9.17, 15) is 0 Å². The predicted molar refractivity (Wildman–Crippen MR) is 80.1 cm³/mol. The van der Waals surface area contributed by atoms with E-state index < -0.39 is 0 Å². The first-order valence-corrected chi connectivity index (χ1v) is 6.59. The van der Waals surface area contributed by atoms with Gasteiger partial charge in [0.15, 0.2) is 11.6 Å². The Labute approximate surface area is 118 Å². The molecule has 0 saturated carbocycles. The molecule has 0 bridgehead atoms. The van der Waals surface area contributed by atoms with Gasteiger partial charge in [-0.2, -0.15) is 0 Å². The Bertz CT molecular complexity index is 793. The summed E-state index contributed by atoms with van der Waals surface area (Å²) in [6.07, 6.45) is 1.65. The molecule has 0 atom stereocenters. The van der Waals surface area contributed by atoms with Gasteiger partial charge in [0, 0.05) is 11.5 Å². The molecule has 3 aromatic rings. The summed E-state index contributed by atoms with van der Waals surface area (Å²) in [6, 6.07) is 14.9. The van der Waals surface area contributed by atoms with Crippen molar-refractivity contribution in [1.82, 2.24) is 9.55 Å². The SMILES string of the molecule is CC(C)(C)C#Cn1c(-c2ccco2)nc2ccccc21. The Morgan fingerprint density at radius 1 is 1.10 bits per heavy atom. The zero-order valence-electron chi connectivity index (χ0n) is 11.8. The first kappa shape index (κ1) is 12.6. The lowest BCUT2D eigenvalue weighted by molar-refractivity contribution is 0.568. The van der Waals surface area contributed by atoms with Crippen LogP contribution < -0.4 is 0 Å². The van der Waals surface area contributed by atoms with Crippen LogP contribution in [0.4, 0.5) is 0 Å². The molecular formula is C17H16N2O. The summed E-state index contributed by atoms with van der Waals surface area (Å²) in [5, 5.41) is 0. The summed E-state index contributed by atoms with van der Waals surface area (Å²) in [7, 11) is 0. The molecule has 3 nitrogen and oxygen atoms in total. The highest BCUT2D eigenvalue weighted by atomic mass is 16.3. The van der Waals surface area contributed by atoms with E-state index in [4.69, 9.17) is 4.42 Å². The Morgan fingerprint density at radius 2 is 1.90 bits per heavy atom. The molecular weight excluding hydrogens is 248 g/mol. The minimum atomic E-state index is -0.0637. The van der Waals surface area contributed by atoms with Gasteiger partial charge < -0.3 is 4.42 Å². The number of hydrogen-bond acceptors (Lipinski definition) is 2. The first-order valence-electron chi connectivity index (χ1n) is 6.59. The average molecular weight is 264 g/mol. The predicted octanol–water partition coefficient (Wildman–Crippen LogP) is 4.15. The average Bonchev–Trinajstić information content (AvgIpc) is 3.02. The summed E-state index contributed by atoms with van der Waals surface area (Å²) in [5.74, 6) is 4.72. The highest BCUT2D eigenvalue weighted by Crippen LogP contribution is 2.24. The molecule has 0 N–H and O–H groups in total. The molecule has 0 unspecified atom stereocenters. The maximum absolute atomic E-state index is 5.47. The smallest absolute Gasteiger partial charge is 0.189 e. The lowest BCUT2D eigenvalue weighted by atomic mass is 9.99. The number of furan rings is 1. The Kier molecular flexibility index (Phi) is 2.87. The van der Waals surface area contributed by atoms with Crippen LogP contribution in [0, 0.1) is 17.4 Å². The second-order valence-electron chi connectivity index (χ2n) is 5.72. The minimum Gasteiger partial charge on any atom is -0.461 e. The van der Waals surface area contributed by atoms with Gasteiger partial charge in [-0.05, 0) is 45.0 Å². The largest absolute Gasteiger partial charge is 0.461 e. The molecule has 20 heavy (non-hydrogen) atoms. The van der Waals surface area contributed by atoms with Gasteiger partial charge in [-0.15, -0.1) is 0 Å². The Balaban J connectivity index is 2.26. The molecule has 2 heterocycles. The van der Waals surface area contributed by atoms with Crippen LogP contribution >= 0.6 is 0 Å². The summed E-state index contributed by atoms with van der Waals surface area (Å²) in [6.45, 7) is 6.27. The third kappa shape index (κ3) is 2.33. The number of hydrogen-bond donors (Lipinski definition) is 0. The van der Waals surface area contributed by atoms with Gasteiger partial charge in [0.2, 0.25) is 0 Å². The van der Waals surface area contributed by atoms with Crippen LogP contribution in [0.2, 0.25) is 0 Å². The van der Waals surface area contributed by atoms with Gasteiger partial charge >= 0.3 is 0 Å². The van der Waals surface area contributed by atoms with Crippen molar-refractivity contribution in [2.24, 2.45) is 5.41 Å². The normalized spacial score (nSPS) is 11.3. The van der Waals surface area contributed by atoms with Gasteiger partial charge in [0.25, 0.3) is 0 Å². The van der Waals surface area contributed by atoms with Crippen LogP contribution in [0.25, 0.3) is 22.6 Å². The number of imidazole rings is 1. The van der Waals surface area contributed by atoms with Crippen LogP contribution in [-0.2, 0) is 0 Å². The zero-order valence-corrected chi connectivity index (χ0v) is 11.8. The molecule has 0 aliphatic rings. The lowest BCUT2D eigenvalue weighted by Crippen LogP contribution is -2.01. The molecule has 0 amide bonds. The Morgan fingerprint density at radius 3 is 2.60 bits per heavy atom. The molecule has 100 valence electrons. The number of rotatable bonds is 1. The van der Waals surface area contributed by atoms with Crippen LogP contribution in [0.5, 0.6) is 0 Å². The number of benzene rings is 1. The van der Waals surface area contributed by atoms with E-state index in [1.165, 1.54) is 0 Å². The van der Waals surface area contributed by atoms with Crippen molar-refractivity contribution in [1.29, 1.82) is 0 Å². The summed E-state index contributed by atoms with van der Waals surface area (Å²) < 4.78 is 7.37. The van der Waals surface area contributed by atoms with Gasteiger partial charge in [-0.3, -0.25) is 0 Å². The summed E-state index contributed by atoms with van der Waals surface area (Å²) >= 11 is 0. The van der Waals surface area contributed by atoms with Gasteiger partial charge in [0.05, 0.1) is 17.3 Å². The van der Waals surface area contributed by atoms with Crippen molar-refractivity contribution in [3.63, 3.8) is 0 Å².